The van der Waals surface area contributed by atoms with Crippen molar-refractivity contribution in [1.29, 1.82) is 0 Å². The highest BCUT2D eigenvalue weighted by molar-refractivity contribution is 8.04. The predicted molar refractivity (Wildman–Crippen MR) is 103 cm³/mol. The number of Topliss-reactive ketones (excluding diaryl/α,β-unsaturated/α-hetero) is 1. The fraction of sp³-hybridized carbons (Fsp3) is 0.263. The maximum absolute atomic E-state index is 12.8. The van der Waals surface area contributed by atoms with Gasteiger partial charge in [0.05, 0.1) is 10.5 Å². The van der Waals surface area contributed by atoms with Crippen LogP contribution >= 0.6 is 11.8 Å². The van der Waals surface area contributed by atoms with Gasteiger partial charge in [-0.3, -0.25) is 19.5 Å². The molecule has 2 aromatic rings. The molecule has 1 heterocycles. The van der Waals surface area contributed by atoms with Gasteiger partial charge in [-0.05, 0) is 25.5 Å². The minimum atomic E-state index is -0.539. The van der Waals surface area contributed by atoms with Gasteiger partial charge in [-0.1, -0.05) is 18.2 Å². The van der Waals surface area contributed by atoms with Crippen molar-refractivity contribution < 1.29 is 19.1 Å². The molecule has 0 aliphatic heterocycles. The molecule has 1 aromatic heterocycles. The molecule has 1 amide bonds. The lowest BCUT2D eigenvalue weighted by Crippen LogP contribution is -2.20. The van der Waals surface area contributed by atoms with Gasteiger partial charge in [0, 0.05) is 30.7 Å². The second-order valence-electron chi connectivity index (χ2n) is 5.74. The number of aromatic amines is 1. The number of H-pyrrole nitrogens is 1. The first-order valence-electron chi connectivity index (χ1n) is 8.57. The van der Waals surface area contributed by atoms with Crippen LogP contribution in [0.1, 0.15) is 44.7 Å². The maximum Gasteiger partial charge on any atom is 0.276 e. The Bertz CT molecular complexity index is 890. The zero-order chi connectivity index (χ0) is 19.2. The van der Waals surface area contributed by atoms with E-state index in [9.17, 15) is 14.4 Å². The van der Waals surface area contributed by atoms with Crippen molar-refractivity contribution in [3.05, 3.63) is 58.3 Å². The lowest BCUT2D eigenvalue weighted by atomic mass is 9.99. The number of para-hydroxylation sites is 1. The molecule has 0 fully saturated rings. The Morgan fingerprint density at radius 3 is 2.78 bits per heavy atom. The number of fused-ring (bicyclic) bond motifs is 1. The van der Waals surface area contributed by atoms with Crippen molar-refractivity contribution in [2.75, 3.05) is 24.3 Å². The van der Waals surface area contributed by atoms with Crippen molar-refractivity contribution in [2.24, 2.45) is 0 Å². The highest BCUT2D eigenvalue weighted by atomic mass is 32.2. The molecule has 2 N–H and O–H groups in total. The minimum Gasteiger partial charge on any atom is -0.382 e. The Morgan fingerprint density at radius 2 is 2.04 bits per heavy atom. The number of allylic oxidation sites excluding steroid dienone is 2. The summed E-state index contributed by atoms with van der Waals surface area (Å²) < 4.78 is 5.27. The number of amides is 1. The van der Waals surface area contributed by atoms with Crippen LogP contribution in [0.4, 0.5) is 5.69 Å². The van der Waals surface area contributed by atoms with Crippen LogP contribution in [0.25, 0.3) is 0 Å². The number of benzene rings is 1. The molecule has 0 spiro atoms. The zero-order valence-corrected chi connectivity index (χ0v) is 15.6. The predicted octanol–water partition coefficient (Wildman–Crippen LogP) is 3.08. The van der Waals surface area contributed by atoms with Crippen LogP contribution in [-0.4, -0.2) is 46.6 Å². The number of ether oxygens (including phenoxy) is 1. The second kappa shape index (κ2) is 8.79. The topological polar surface area (TPSA) is 101 Å². The molecule has 0 saturated heterocycles. The van der Waals surface area contributed by atoms with E-state index in [2.05, 4.69) is 15.5 Å². The van der Waals surface area contributed by atoms with Gasteiger partial charge >= 0.3 is 0 Å². The van der Waals surface area contributed by atoms with E-state index in [1.165, 1.54) is 17.8 Å². The van der Waals surface area contributed by atoms with Crippen molar-refractivity contribution in [2.45, 2.75) is 13.3 Å². The van der Waals surface area contributed by atoms with Crippen LogP contribution in [0.5, 0.6) is 0 Å². The zero-order valence-electron chi connectivity index (χ0n) is 14.8. The van der Waals surface area contributed by atoms with Crippen LogP contribution in [-0.2, 0) is 4.74 Å². The first kappa shape index (κ1) is 19.1. The molecule has 3 rings (SSSR count). The number of rotatable bonds is 8. The Hall–Kier alpha value is -2.71. The third-order valence-electron chi connectivity index (χ3n) is 3.87. The number of nitrogens with zero attached hydrogens (tertiary/aromatic N) is 1. The van der Waals surface area contributed by atoms with E-state index in [-0.39, 0.29) is 28.5 Å². The Kier molecular flexibility index (Phi) is 6.20. The van der Waals surface area contributed by atoms with E-state index in [0.717, 1.165) is 6.42 Å². The Morgan fingerprint density at radius 1 is 1.26 bits per heavy atom. The third kappa shape index (κ3) is 4.35. The number of aromatic nitrogens is 2. The summed E-state index contributed by atoms with van der Waals surface area (Å²) in [5.74, 6) is -0.618. The normalized spacial score (nSPS) is 13.3. The van der Waals surface area contributed by atoms with Crippen LogP contribution in [0, 0.1) is 0 Å². The summed E-state index contributed by atoms with van der Waals surface area (Å²) in [5, 5.41) is 9.11. The first-order valence-corrected chi connectivity index (χ1v) is 9.56. The highest BCUT2D eigenvalue weighted by Gasteiger charge is 2.33. The quantitative estimate of drug-likeness (QED) is 0.677. The summed E-state index contributed by atoms with van der Waals surface area (Å²) in [5.41, 5.74) is 0.586. The summed E-state index contributed by atoms with van der Waals surface area (Å²) in [6, 6.07) is 8.84. The molecule has 7 nitrogen and oxygen atoms in total. The van der Waals surface area contributed by atoms with Gasteiger partial charge in [0.2, 0.25) is 11.6 Å². The number of thioether (sulfide) groups is 1. The molecule has 27 heavy (non-hydrogen) atoms. The smallest absolute Gasteiger partial charge is 0.276 e. The summed E-state index contributed by atoms with van der Waals surface area (Å²) >= 11 is 1.29. The van der Waals surface area contributed by atoms with Crippen LogP contribution < -0.4 is 5.32 Å². The van der Waals surface area contributed by atoms with Gasteiger partial charge < -0.3 is 10.1 Å². The summed E-state index contributed by atoms with van der Waals surface area (Å²) in [6.07, 6.45) is 2.06. The molecule has 140 valence electrons. The molecular weight excluding hydrogens is 366 g/mol. The summed E-state index contributed by atoms with van der Waals surface area (Å²) in [6.45, 7) is 3.16. The fourth-order valence-corrected chi connectivity index (χ4v) is 3.50. The lowest BCUT2D eigenvalue weighted by molar-refractivity contribution is 0.0979. The van der Waals surface area contributed by atoms with E-state index in [4.69, 9.17) is 4.74 Å². The number of carbonyl (C=O) groups is 3. The average Bonchev–Trinajstić information content (AvgIpc) is 3.12. The fourth-order valence-electron chi connectivity index (χ4n) is 2.59. The van der Waals surface area contributed by atoms with Gasteiger partial charge in [0.15, 0.2) is 5.69 Å². The van der Waals surface area contributed by atoms with Crippen molar-refractivity contribution in [3.8, 4) is 0 Å². The highest BCUT2D eigenvalue weighted by Crippen LogP contribution is 2.30. The molecule has 1 aliphatic carbocycles. The van der Waals surface area contributed by atoms with E-state index in [1.807, 2.05) is 13.0 Å². The van der Waals surface area contributed by atoms with Crippen LogP contribution in [0.15, 0.2) is 41.3 Å². The molecule has 8 heteroatoms. The monoisotopic (exact) mass is 385 g/mol. The number of carbonyl (C=O) groups excluding carboxylic acids is 3. The molecule has 0 atom stereocenters. The molecule has 0 unspecified atom stereocenters. The van der Waals surface area contributed by atoms with E-state index in [1.54, 1.807) is 24.3 Å². The van der Waals surface area contributed by atoms with Crippen LogP contribution in [0.2, 0.25) is 0 Å². The number of hydrogen-bond acceptors (Lipinski definition) is 6. The van der Waals surface area contributed by atoms with E-state index >= 15 is 0 Å². The molecular formula is C19H19N3O4S. The van der Waals surface area contributed by atoms with E-state index < -0.39 is 5.91 Å². The SMILES string of the molecule is CCOCCCSC1=CC(=O)c2[nH]nc(C(=O)Nc3ccccc3)c2C1=O. The van der Waals surface area contributed by atoms with Gasteiger partial charge in [-0.15, -0.1) is 11.8 Å². The summed E-state index contributed by atoms with van der Waals surface area (Å²) in [4.78, 5) is 38.0. The average molecular weight is 385 g/mol. The maximum atomic E-state index is 12.8. The van der Waals surface area contributed by atoms with Crippen molar-refractivity contribution in [3.63, 3.8) is 0 Å². The van der Waals surface area contributed by atoms with Gasteiger partial charge in [0.25, 0.3) is 5.91 Å². The first-order chi connectivity index (χ1) is 13.1. The lowest BCUT2D eigenvalue weighted by Gasteiger charge is -2.12. The third-order valence-corrected chi connectivity index (χ3v) is 4.97. The van der Waals surface area contributed by atoms with Gasteiger partial charge in [-0.2, -0.15) is 5.10 Å². The molecule has 0 saturated carbocycles. The molecule has 1 aromatic carbocycles. The van der Waals surface area contributed by atoms with E-state index in [0.29, 0.717) is 29.6 Å². The second-order valence-corrected chi connectivity index (χ2v) is 6.88. The molecule has 0 radical (unpaired) electrons. The van der Waals surface area contributed by atoms with Gasteiger partial charge in [-0.25, -0.2) is 0 Å². The Labute approximate surface area is 160 Å². The number of hydrogen-bond donors (Lipinski definition) is 2. The molecule has 1 aliphatic rings. The number of ketones is 2. The molecule has 0 bridgehead atoms. The largest absolute Gasteiger partial charge is 0.382 e. The summed E-state index contributed by atoms with van der Waals surface area (Å²) in [7, 11) is 0. The van der Waals surface area contributed by atoms with Crippen molar-refractivity contribution in [1.82, 2.24) is 10.2 Å². The number of nitrogens with one attached hydrogen (secondary N) is 2. The minimum absolute atomic E-state index is 0.0308. The number of anilines is 1. The Balaban J connectivity index is 1.75. The van der Waals surface area contributed by atoms with Crippen molar-refractivity contribution >= 4 is 34.9 Å². The standard InChI is InChI=1S/C19H19N3O4S/c1-2-26-9-6-10-27-14-11-13(23)16-15(18(14)24)17(22-21-16)19(25)20-12-7-4-3-5-8-12/h3-5,7-8,11H,2,6,9-10H2,1H3,(H,20,25)(H,21,22). The van der Waals surface area contributed by atoms with Crippen LogP contribution in [0.3, 0.4) is 0 Å². The van der Waals surface area contributed by atoms with Gasteiger partial charge in [0.1, 0.15) is 5.69 Å².